The van der Waals surface area contributed by atoms with E-state index in [9.17, 15) is 25.2 Å². The van der Waals surface area contributed by atoms with E-state index in [0.717, 1.165) is 51.4 Å². The second-order valence-corrected chi connectivity index (χ2v) is 19.0. The Kier molecular flexibility index (Phi) is 44.3. The first kappa shape index (κ1) is 60.7. The summed E-state index contributed by atoms with van der Waals surface area (Å²) in [6.45, 7) is 4.57. The number of carbonyl (C=O) groups excluding carboxylic acids is 1. The SMILES string of the molecule is CCCCCC/C=C\C/C=C\CCCCCCCCOCC(COC1OC(CO)C(O)C(O)C1O)OC(=O)CCCCCCCCCCCCCCCCCCCCCCCCCC. The zero-order valence-electron chi connectivity index (χ0n) is 41.8. The molecule has 0 aliphatic carbocycles. The van der Waals surface area contributed by atoms with Gasteiger partial charge in [-0.1, -0.05) is 231 Å². The van der Waals surface area contributed by atoms with Gasteiger partial charge in [0.1, 0.15) is 30.5 Å². The fraction of sp³-hybridized carbons (Fsp3) is 0.909. The van der Waals surface area contributed by atoms with Gasteiger partial charge >= 0.3 is 5.97 Å². The monoisotopic (exact) mass is 909 g/mol. The van der Waals surface area contributed by atoms with Gasteiger partial charge in [0.2, 0.25) is 0 Å². The van der Waals surface area contributed by atoms with Crippen LogP contribution >= 0.6 is 0 Å². The highest BCUT2D eigenvalue weighted by atomic mass is 16.7. The Morgan fingerprint density at radius 1 is 0.500 bits per heavy atom. The normalized spacial score (nSPS) is 19.6. The molecule has 1 aliphatic heterocycles. The molecular formula is C55H104O9. The molecule has 9 heteroatoms. The van der Waals surface area contributed by atoms with Crippen LogP contribution in [0, 0.1) is 0 Å². The minimum Gasteiger partial charge on any atom is -0.457 e. The molecule has 4 N–H and O–H groups in total. The first-order chi connectivity index (χ1) is 31.4. The van der Waals surface area contributed by atoms with E-state index in [1.807, 2.05) is 0 Å². The minimum absolute atomic E-state index is 0.113. The summed E-state index contributed by atoms with van der Waals surface area (Å²) in [6, 6.07) is 0. The van der Waals surface area contributed by atoms with Gasteiger partial charge in [-0.3, -0.25) is 4.79 Å². The van der Waals surface area contributed by atoms with Crippen molar-refractivity contribution in [1.82, 2.24) is 0 Å². The summed E-state index contributed by atoms with van der Waals surface area (Å²) in [5.41, 5.74) is 0. The second-order valence-electron chi connectivity index (χ2n) is 19.0. The Hall–Kier alpha value is -1.33. The predicted octanol–water partition coefficient (Wildman–Crippen LogP) is 13.7. The molecule has 0 spiro atoms. The maximum atomic E-state index is 12.9. The van der Waals surface area contributed by atoms with Gasteiger partial charge in [-0.15, -0.1) is 0 Å². The lowest BCUT2D eigenvalue weighted by molar-refractivity contribution is -0.305. The number of allylic oxidation sites excluding steroid dienone is 4. The summed E-state index contributed by atoms with van der Waals surface area (Å²) in [5, 5.41) is 40.3. The van der Waals surface area contributed by atoms with Gasteiger partial charge in [0, 0.05) is 13.0 Å². The van der Waals surface area contributed by atoms with E-state index in [4.69, 9.17) is 18.9 Å². The van der Waals surface area contributed by atoms with Crippen molar-refractivity contribution in [1.29, 1.82) is 0 Å². The average molecular weight is 909 g/mol. The summed E-state index contributed by atoms with van der Waals surface area (Å²) >= 11 is 0. The Labute approximate surface area is 394 Å². The standard InChI is InChI=1S/C55H104O9/c1-3-5-7-9-11-13-15-17-19-21-22-23-24-25-26-27-28-30-32-34-36-38-40-42-44-51(57)63-49(48-62-55-54(60)53(59)52(58)50(46-56)64-55)47-61-45-43-41-39-37-35-33-31-29-20-18-16-14-12-10-8-6-4-2/h14,16,20,29,49-50,52-56,58-60H,3-13,15,17-19,21-28,30-48H2,1-2H3/b16-14-,29-20-. The maximum Gasteiger partial charge on any atom is 0.306 e. The molecular weight excluding hydrogens is 805 g/mol. The molecule has 64 heavy (non-hydrogen) atoms. The summed E-state index contributed by atoms with van der Waals surface area (Å²) < 4.78 is 22.9. The van der Waals surface area contributed by atoms with Crippen LogP contribution < -0.4 is 0 Å². The van der Waals surface area contributed by atoms with Crippen LogP contribution in [0.25, 0.3) is 0 Å². The third kappa shape index (κ3) is 36.7. The lowest BCUT2D eigenvalue weighted by atomic mass is 9.99. The number of unbranched alkanes of at least 4 members (excludes halogenated alkanes) is 33. The highest BCUT2D eigenvalue weighted by Crippen LogP contribution is 2.23. The molecule has 1 heterocycles. The van der Waals surface area contributed by atoms with Crippen molar-refractivity contribution in [3.63, 3.8) is 0 Å². The van der Waals surface area contributed by atoms with Crippen LogP contribution in [0.4, 0.5) is 0 Å². The van der Waals surface area contributed by atoms with Gasteiger partial charge < -0.3 is 39.4 Å². The molecule has 1 aliphatic rings. The minimum atomic E-state index is -1.54. The van der Waals surface area contributed by atoms with Gasteiger partial charge in [0.15, 0.2) is 6.29 Å². The number of carbonyl (C=O) groups is 1. The first-order valence-corrected chi connectivity index (χ1v) is 27.4. The number of aliphatic hydroxyl groups excluding tert-OH is 4. The molecule has 0 aromatic rings. The quantitative estimate of drug-likeness (QED) is 0.0267. The molecule has 6 unspecified atom stereocenters. The zero-order valence-corrected chi connectivity index (χ0v) is 41.8. The van der Waals surface area contributed by atoms with Gasteiger partial charge in [0.05, 0.1) is 19.8 Å². The highest BCUT2D eigenvalue weighted by Gasteiger charge is 2.44. The van der Waals surface area contributed by atoms with Gasteiger partial charge in [-0.25, -0.2) is 0 Å². The Bertz CT molecular complexity index is 1040. The van der Waals surface area contributed by atoms with Crippen LogP contribution in [0.2, 0.25) is 0 Å². The molecule has 0 bridgehead atoms. The Morgan fingerprint density at radius 2 is 0.906 bits per heavy atom. The number of ether oxygens (including phenoxy) is 4. The lowest BCUT2D eigenvalue weighted by Gasteiger charge is -2.39. The van der Waals surface area contributed by atoms with Crippen molar-refractivity contribution in [2.75, 3.05) is 26.4 Å². The zero-order chi connectivity index (χ0) is 46.4. The maximum absolute atomic E-state index is 12.9. The topological polar surface area (TPSA) is 135 Å². The molecule has 1 saturated heterocycles. The van der Waals surface area contributed by atoms with E-state index in [-0.39, 0.29) is 19.2 Å². The van der Waals surface area contributed by atoms with E-state index in [1.54, 1.807) is 0 Å². The molecule has 1 fully saturated rings. The second kappa shape index (κ2) is 46.8. The molecule has 0 radical (unpaired) electrons. The van der Waals surface area contributed by atoms with E-state index < -0.39 is 43.4 Å². The van der Waals surface area contributed by atoms with E-state index in [0.29, 0.717) is 13.0 Å². The molecule has 6 atom stereocenters. The van der Waals surface area contributed by atoms with Crippen LogP contribution in [-0.4, -0.2) is 89.6 Å². The first-order valence-electron chi connectivity index (χ1n) is 27.4. The van der Waals surface area contributed by atoms with Crippen LogP contribution in [-0.2, 0) is 23.7 Å². The fourth-order valence-corrected chi connectivity index (χ4v) is 8.58. The lowest BCUT2D eigenvalue weighted by Crippen LogP contribution is -2.59. The number of esters is 1. The number of rotatable bonds is 48. The van der Waals surface area contributed by atoms with Gasteiger partial charge in [0.25, 0.3) is 0 Å². The van der Waals surface area contributed by atoms with Crippen molar-refractivity contribution in [2.45, 2.75) is 295 Å². The van der Waals surface area contributed by atoms with Crippen molar-refractivity contribution in [2.24, 2.45) is 0 Å². The van der Waals surface area contributed by atoms with Crippen LogP contribution in [0.3, 0.4) is 0 Å². The number of hydrogen-bond acceptors (Lipinski definition) is 9. The molecule has 378 valence electrons. The Morgan fingerprint density at radius 3 is 1.36 bits per heavy atom. The number of aliphatic hydroxyl groups is 4. The molecule has 0 amide bonds. The Balaban J connectivity index is 2.16. The van der Waals surface area contributed by atoms with E-state index in [2.05, 4.69) is 38.2 Å². The van der Waals surface area contributed by atoms with Gasteiger partial charge in [-0.05, 0) is 44.9 Å². The predicted molar refractivity (Wildman–Crippen MR) is 265 cm³/mol. The molecule has 0 saturated carbocycles. The molecule has 0 aromatic heterocycles. The molecule has 1 rings (SSSR count). The van der Waals surface area contributed by atoms with Gasteiger partial charge in [-0.2, -0.15) is 0 Å². The summed E-state index contributed by atoms with van der Waals surface area (Å²) in [6.07, 6.45) is 49.4. The summed E-state index contributed by atoms with van der Waals surface area (Å²) in [7, 11) is 0. The average Bonchev–Trinajstić information content (AvgIpc) is 3.30. The third-order valence-corrected chi connectivity index (χ3v) is 12.9. The van der Waals surface area contributed by atoms with Crippen LogP contribution in [0.15, 0.2) is 24.3 Å². The smallest absolute Gasteiger partial charge is 0.306 e. The summed E-state index contributed by atoms with van der Waals surface area (Å²) in [4.78, 5) is 12.9. The highest BCUT2D eigenvalue weighted by molar-refractivity contribution is 5.69. The molecule has 0 aromatic carbocycles. The number of hydrogen-bond donors (Lipinski definition) is 4. The van der Waals surface area contributed by atoms with Crippen molar-refractivity contribution >= 4 is 5.97 Å². The fourth-order valence-electron chi connectivity index (χ4n) is 8.58. The summed E-state index contributed by atoms with van der Waals surface area (Å²) in [5.74, 6) is -0.311. The van der Waals surface area contributed by atoms with Crippen LogP contribution in [0.1, 0.15) is 258 Å². The molecule has 9 nitrogen and oxygen atoms in total. The van der Waals surface area contributed by atoms with E-state index in [1.165, 1.54) is 186 Å². The van der Waals surface area contributed by atoms with Crippen LogP contribution in [0.5, 0.6) is 0 Å². The van der Waals surface area contributed by atoms with E-state index >= 15 is 0 Å². The van der Waals surface area contributed by atoms with Crippen molar-refractivity contribution in [3.05, 3.63) is 24.3 Å². The largest absolute Gasteiger partial charge is 0.457 e. The van der Waals surface area contributed by atoms with Crippen molar-refractivity contribution in [3.8, 4) is 0 Å². The third-order valence-electron chi connectivity index (χ3n) is 12.9. The van der Waals surface area contributed by atoms with Crippen molar-refractivity contribution < 1.29 is 44.2 Å².